The normalized spacial score (nSPS) is 18.2. The Kier molecular flexibility index (Phi) is 10.7. The monoisotopic (exact) mass is 623 g/mol. The molecule has 0 aliphatic carbocycles. The van der Waals surface area contributed by atoms with E-state index in [4.69, 9.17) is 14.2 Å². The summed E-state index contributed by atoms with van der Waals surface area (Å²) in [6.07, 6.45) is 9.50. The number of nitrogens with one attached hydrogen (secondary N) is 1. The number of carboxylic acid groups (broad SMARTS) is 1. The number of aryl methyl sites for hydroxylation is 1. The number of aromatic amines is 1. The topological polar surface area (TPSA) is 143 Å². The van der Waals surface area contributed by atoms with Crippen LogP contribution in [0.2, 0.25) is 0 Å². The van der Waals surface area contributed by atoms with Gasteiger partial charge in [0.05, 0.1) is 36.2 Å². The number of carboxylic acids is 1. The zero-order valence-electron chi connectivity index (χ0n) is 24.7. The van der Waals surface area contributed by atoms with E-state index in [2.05, 4.69) is 42.0 Å². The molecule has 1 unspecified atom stereocenters. The second kappa shape index (κ2) is 15.2. The van der Waals surface area contributed by atoms with Gasteiger partial charge in [0, 0.05) is 18.4 Å². The van der Waals surface area contributed by atoms with Crippen molar-refractivity contribution < 1.29 is 24.1 Å². The Balaban J connectivity index is 0.000000729. The minimum atomic E-state index is -1.09. The van der Waals surface area contributed by atoms with Crippen molar-refractivity contribution in [1.82, 2.24) is 15.0 Å². The second-order valence-electron chi connectivity index (χ2n) is 10.5. The Morgan fingerprint density at radius 2 is 1.98 bits per heavy atom. The van der Waals surface area contributed by atoms with Gasteiger partial charge in [0.2, 0.25) is 5.88 Å². The Morgan fingerprint density at radius 3 is 2.71 bits per heavy atom. The number of fused-ring (bicyclic) bond motifs is 4. The highest BCUT2D eigenvalue weighted by molar-refractivity contribution is 7.17. The lowest BCUT2D eigenvalue weighted by Gasteiger charge is -2.20. The van der Waals surface area contributed by atoms with Crippen LogP contribution in [0, 0.1) is 11.3 Å². The Bertz CT molecular complexity index is 1790. The van der Waals surface area contributed by atoms with E-state index >= 15 is 0 Å². The summed E-state index contributed by atoms with van der Waals surface area (Å²) >= 11 is 0. The SMILES string of the molecule is C=N/C1=C\C=C/Cc2ccc(Cc3nc4nc(C(=O)O)ccc4[nH]3)c(c2)OCCCc2cc(C#N)ccc2CO1.P[C@@H]1CCO1. The molecule has 2 aliphatic rings. The van der Waals surface area contributed by atoms with Crippen molar-refractivity contribution in [3.63, 3.8) is 0 Å². The maximum Gasteiger partial charge on any atom is 0.354 e. The highest BCUT2D eigenvalue weighted by Crippen LogP contribution is 2.25. The van der Waals surface area contributed by atoms with Crippen molar-refractivity contribution in [2.24, 2.45) is 4.99 Å². The molecule has 11 heteroatoms. The summed E-state index contributed by atoms with van der Waals surface area (Å²) in [4.78, 5) is 27.1. The maximum atomic E-state index is 11.3. The van der Waals surface area contributed by atoms with E-state index in [-0.39, 0.29) is 5.69 Å². The number of rotatable bonds is 4. The zero-order valence-corrected chi connectivity index (χ0v) is 25.9. The first kappa shape index (κ1) is 31.6. The molecular formula is C34H34N5O5P. The van der Waals surface area contributed by atoms with Gasteiger partial charge >= 0.3 is 5.97 Å². The van der Waals surface area contributed by atoms with Gasteiger partial charge in [0.1, 0.15) is 18.2 Å². The van der Waals surface area contributed by atoms with Crippen LogP contribution < -0.4 is 4.74 Å². The third-order valence-electron chi connectivity index (χ3n) is 7.28. The van der Waals surface area contributed by atoms with Gasteiger partial charge in [0.15, 0.2) is 11.3 Å². The minimum absolute atomic E-state index is 0.0486. The highest BCUT2D eigenvalue weighted by atomic mass is 31.0. The molecule has 45 heavy (non-hydrogen) atoms. The number of pyridine rings is 1. The van der Waals surface area contributed by atoms with Gasteiger partial charge < -0.3 is 24.3 Å². The van der Waals surface area contributed by atoms with Crippen molar-refractivity contribution in [3.8, 4) is 11.8 Å². The van der Waals surface area contributed by atoms with Crippen LogP contribution in [0.25, 0.3) is 11.2 Å². The number of nitriles is 1. The Morgan fingerprint density at radius 1 is 1.13 bits per heavy atom. The van der Waals surface area contributed by atoms with Crippen LogP contribution in [-0.2, 0) is 35.3 Å². The molecule has 0 amide bonds. The Labute approximate surface area is 263 Å². The molecule has 2 bridgehead atoms. The molecule has 0 spiro atoms. The first-order valence-corrected chi connectivity index (χ1v) is 15.3. The van der Waals surface area contributed by atoms with Crippen molar-refractivity contribution in [2.75, 3.05) is 13.2 Å². The first-order chi connectivity index (χ1) is 21.9. The van der Waals surface area contributed by atoms with Crippen molar-refractivity contribution in [2.45, 2.75) is 44.6 Å². The lowest BCUT2D eigenvalue weighted by atomic mass is 10.0. The smallest absolute Gasteiger partial charge is 0.354 e. The summed E-state index contributed by atoms with van der Waals surface area (Å²) in [5.74, 6) is 1.24. The third kappa shape index (κ3) is 8.63. The summed E-state index contributed by atoms with van der Waals surface area (Å²) < 4.78 is 17.1. The van der Waals surface area contributed by atoms with Crippen LogP contribution in [0.3, 0.4) is 0 Å². The standard InChI is InChI=1S/C31H27N5O4.C3H7OP/c1-33-29-7-3-2-5-20-8-10-23(17-28-34-25-12-13-26(31(37)38)35-30(25)36-28)27(16-20)39-14-4-6-22-15-21(18-32)9-11-24(22)19-40-29;5-3-1-2-4-3/h2-3,7-13,15-16H,1,4-6,14,17,19H2,(H,37,38)(H,34,35,36);3H,1-2,5H2/b3-2-,29-7+;/t;3-/m.1/s1. The molecule has 4 heterocycles. The third-order valence-corrected chi connectivity index (χ3v) is 7.81. The van der Waals surface area contributed by atoms with Crippen LogP contribution in [-0.4, -0.2) is 51.8 Å². The van der Waals surface area contributed by atoms with Gasteiger partial charge in [0.25, 0.3) is 0 Å². The molecule has 2 aliphatic heterocycles. The molecular weight excluding hydrogens is 589 g/mol. The summed E-state index contributed by atoms with van der Waals surface area (Å²) in [6.45, 7) is 5.38. The summed E-state index contributed by atoms with van der Waals surface area (Å²) in [5, 5.41) is 18.6. The van der Waals surface area contributed by atoms with Gasteiger partial charge in [-0.1, -0.05) is 30.4 Å². The number of imidazole rings is 1. The van der Waals surface area contributed by atoms with Gasteiger partial charge in [-0.3, -0.25) is 0 Å². The van der Waals surface area contributed by atoms with Crippen molar-refractivity contribution in [3.05, 3.63) is 112 Å². The molecule has 0 saturated carbocycles. The number of aromatic carboxylic acids is 1. The number of nitrogens with zero attached hydrogens (tertiary/aromatic N) is 4. The maximum absolute atomic E-state index is 11.3. The summed E-state index contributed by atoms with van der Waals surface area (Å²) in [7, 11) is 2.60. The quantitative estimate of drug-likeness (QED) is 0.211. The molecule has 2 aromatic carbocycles. The predicted molar refractivity (Wildman–Crippen MR) is 174 cm³/mol. The number of H-pyrrole nitrogens is 1. The predicted octanol–water partition coefficient (Wildman–Crippen LogP) is 5.91. The van der Waals surface area contributed by atoms with E-state index in [1.807, 2.05) is 42.5 Å². The molecule has 0 radical (unpaired) electrons. The van der Waals surface area contributed by atoms with Crippen LogP contribution in [0.5, 0.6) is 5.75 Å². The van der Waals surface area contributed by atoms with E-state index in [1.54, 1.807) is 18.2 Å². The second-order valence-corrected chi connectivity index (χ2v) is 11.2. The molecule has 2 aromatic heterocycles. The van der Waals surface area contributed by atoms with E-state index in [0.717, 1.165) is 41.0 Å². The van der Waals surface area contributed by atoms with Crippen LogP contribution >= 0.6 is 9.24 Å². The van der Waals surface area contributed by atoms with Gasteiger partial charge in [-0.15, -0.1) is 9.24 Å². The zero-order chi connectivity index (χ0) is 31.6. The number of hydrogen-bond donors (Lipinski definition) is 2. The van der Waals surface area contributed by atoms with E-state index in [9.17, 15) is 15.2 Å². The number of aromatic nitrogens is 3. The van der Waals surface area contributed by atoms with Gasteiger partial charge in [-0.05, 0) is 79.1 Å². The Hall–Kier alpha value is -4.84. The molecule has 2 atom stereocenters. The largest absolute Gasteiger partial charge is 0.493 e. The molecule has 6 rings (SSSR count). The minimum Gasteiger partial charge on any atom is -0.493 e. The van der Waals surface area contributed by atoms with Crippen LogP contribution in [0.15, 0.2) is 77.6 Å². The fourth-order valence-corrected chi connectivity index (χ4v) is 5.02. The number of allylic oxidation sites excluding steroid dienone is 3. The average molecular weight is 624 g/mol. The lowest BCUT2D eigenvalue weighted by Crippen LogP contribution is -2.18. The van der Waals surface area contributed by atoms with Gasteiger partial charge in [-0.25, -0.2) is 19.8 Å². The number of carbonyl (C=O) groups is 1. The number of benzene rings is 2. The van der Waals surface area contributed by atoms with Gasteiger partial charge in [-0.2, -0.15) is 5.26 Å². The van der Waals surface area contributed by atoms with E-state index in [0.29, 0.717) is 66.8 Å². The van der Waals surface area contributed by atoms with Crippen molar-refractivity contribution >= 4 is 33.1 Å². The first-order valence-electron chi connectivity index (χ1n) is 14.6. The number of aliphatic imine (C=N–C) groups is 1. The number of ether oxygens (including phenoxy) is 3. The summed E-state index contributed by atoms with van der Waals surface area (Å²) in [6, 6.07) is 17.0. The van der Waals surface area contributed by atoms with E-state index in [1.165, 1.54) is 12.5 Å². The molecule has 1 fully saturated rings. The molecule has 2 N–H and O–H groups in total. The lowest BCUT2D eigenvalue weighted by molar-refractivity contribution is 0.00904. The average Bonchev–Trinajstić information content (AvgIpc) is 3.44. The molecule has 230 valence electrons. The highest BCUT2D eigenvalue weighted by Gasteiger charge is 2.14. The number of hydrogen-bond acceptors (Lipinski definition) is 8. The fraction of sp³-hybridized carbons (Fsp3) is 0.265. The summed E-state index contributed by atoms with van der Waals surface area (Å²) in [5.41, 5.74) is 5.62. The fourth-order valence-electron chi connectivity index (χ4n) is 4.75. The van der Waals surface area contributed by atoms with E-state index < -0.39 is 5.97 Å². The molecule has 1 saturated heterocycles. The van der Waals surface area contributed by atoms with Crippen LogP contribution in [0.4, 0.5) is 0 Å². The molecule has 4 aromatic rings. The van der Waals surface area contributed by atoms with Crippen LogP contribution in [0.1, 0.15) is 57.0 Å². The van der Waals surface area contributed by atoms with Crippen molar-refractivity contribution in [1.29, 1.82) is 5.26 Å². The molecule has 10 nitrogen and oxygen atoms in total.